The number of ether oxygens (including phenoxy) is 9. The van der Waals surface area contributed by atoms with E-state index in [2.05, 4.69) is 19.9 Å². The molecule has 376 valence electrons. The van der Waals surface area contributed by atoms with E-state index in [0.717, 1.165) is 32.1 Å². The molecule has 0 radical (unpaired) electrons. The van der Waals surface area contributed by atoms with E-state index < -0.39 is 148 Å². The van der Waals surface area contributed by atoms with E-state index in [1.807, 2.05) is 0 Å². The van der Waals surface area contributed by atoms with Crippen molar-refractivity contribution in [3.63, 3.8) is 0 Å². The second-order valence-electron chi connectivity index (χ2n) is 21.3. The highest BCUT2D eigenvalue weighted by Gasteiger charge is 2.70. The molecule has 21 nitrogen and oxygen atoms in total. The first-order valence-electron chi connectivity index (χ1n) is 23.7. The molecule has 0 bridgehead atoms. The summed E-state index contributed by atoms with van der Waals surface area (Å²) in [7, 11) is 0. The second-order valence-corrected chi connectivity index (χ2v) is 21.3. The van der Waals surface area contributed by atoms with Crippen molar-refractivity contribution in [3.05, 3.63) is 11.6 Å². The molecule has 0 aromatic rings. The summed E-state index contributed by atoms with van der Waals surface area (Å²) in [4.78, 5) is 12.6. The summed E-state index contributed by atoms with van der Waals surface area (Å²) in [6, 6.07) is 0. The molecule has 3 saturated carbocycles. The van der Waals surface area contributed by atoms with Gasteiger partial charge in [0.25, 0.3) is 0 Å². The van der Waals surface area contributed by atoms with Crippen molar-refractivity contribution >= 4 is 5.97 Å². The van der Waals surface area contributed by atoms with Crippen LogP contribution in [0.3, 0.4) is 0 Å². The van der Waals surface area contributed by atoms with Crippen molar-refractivity contribution in [1.29, 1.82) is 0 Å². The normalized spacial score (nSPS) is 57.2. The molecular weight excluding hydrogens is 876 g/mol. The maximum absolute atomic E-state index is 12.6. The van der Waals surface area contributed by atoms with Gasteiger partial charge in [-0.1, -0.05) is 25.5 Å². The van der Waals surface area contributed by atoms with Gasteiger partial charge < -0.3 is 98.8 Å². The van der Waals surface area contributed by atoms with Crippen molar-refractivity contribution in [3.8, 4) is 0 Å². The second kappa shape index (κ2) is 18.2. The summed E-state index contributed by atoms with van der Waals surface area (Å²) in [6.07, 6.45) is -22.9. The number of fused-ring (bicyclic) bond motifs is 7. The predicted molar refractivity (Wildman–Crippen MR) is 219 cm³/mol. The van der Waals surface area contributed by atoms with Gasteiger partial charge in [0.1, 0.15) is 85.5 Å². The standard InChI is InChI=1S/C45H70O21/c1-16-26(48)29(51)32(54)39(59-16)66-36-33(55)34(64-40-35(30(52)27(49)17(2)60-40)65-38-31(53)28(50)23(47)15-58-38)25(14-46)62-41(36)61-19-8-10-43(3)18(12-19)6-7-20-21(43)9-11-44(4)22(20)13-24-37(44)45(5,57)42(56)63-24/h6,16-17,19-41,46-55,57H,7-15H2,1-5H3. The highest BCUT2D eigenvalue weighted by atomic mass is 16.8. The zero-order chi connectivity index (χ0) is 47.5. The van der Waals surface area contributed by atoms with E-state index in [9.17, 15) is 61.0 Å². The average Bonchev–Trinajstić information content (AvgIpc) is 3.71. The molecular formula is C45H70O21. The Bertz CT molecular complexity index is 1790. The van der Waals surface area contributed by atoms with Gasteiger partial charge in [-0.05, 0) is 94.3 Å². The van der Waals surface area contributed by atoms with Crippen LogP contribution in [0, 0.1) is 34.5 Å². The van der Waals surface area contributed by atoms with Gasteiger partial charge in [-0.3, -0.25) is 0 Å². The fourth-order valence-electron chi connectivity index (χ4n) is 13.6. The molecule has 9 aliphatic rings. The molecule has 0 spiro atoms. The van der Waals surface area contributed by atoms with E-state index >= 15 is 0 Å². The Morgan fingerprint density at radius 1 is 0.682 bits per heavy atom. The Balaban J connectivity index is 0.945. The van der Waals surface area contributed by atoms with Crippen molar-refractivity contribution in [1.82, 2.24) is 0 Å². The summed E-state index contributed by atoms with van der Waals surface area (Å²) in [5.74, 6) is 0.131. The van der Waals surface area contributed by atoms with Crippen molar-refractivity contribution in [2.24, 2.45) is 34.5 Å². The number of carbonyl (C=O) groups excluding carboxylic acids is 1. The van der Waals surface area contributed by atoms with Crippen molar-refractivity contribution in [2.75, 3.05) is 13.2 Å². The lowest BCUT2D eigenvalue weighted by Gasteiger charge is -2.58. The molecule has 0 aromatic carbocycles. The number of hydrogen-bond acceptors (Lipinski definition) is 21. The molecule has 8 fully saturated rings. The molecule has 28 unspecified atom stereocenters. The summed E-state index contributed by atoms with van der Waals surface area (Å²) >= 11 is 0. The molecule has 0 aromatic heterocycles. The van der Waals surface area contributed by atoms with Crippen LogP contribution in [0.15, 0.2) is 11.6 Å². The molecule has 0 amide bonds. The molecule has 5 aliphatic heterocycles. The fraction of sp³-hybridized carbons (Fsp3) is 0.933. The number of aliphatic hydroxyl groups is 11. The number of rotatable bonds is 9. The third kappa shape index (κ3) is 8.12. The summed E-state index contributed by atoms with van der Waals surface area (Å²) < 4.78 is 54.2. The number of esters is 1. The first-order valence-corrected chi connectivity index (χ1v) is 23.7. The van der Waals surface area contributed by atoms with Crippen LogP contribution in [0.2, 0.25) is 0 Å². The van der Waals surface area contributed by atoms with E-state index in [0.29, 0.717) is 24.7 Å². The average molecular weight is 947 g/mol. The fourth-order valence-corrected chi connectivity index (χ4v) is 13.6. The van der Waals surface area contributed by atoms with Crippen LogP contribution in [-0.4, -0.2) is 210 Å². The largest absolute Gasteiger partial charge is 0.460 e. The Hall–Kier alpha value is -1.55. The van der Waals surface area contributed by atoms with E-state index in [1.54, 1.807) is 6.92 Å². The van der Waals surface area contributed by atoms with Crippen LogP contribution in [0.25, 0.3) is 0 Å². The van der Waals surface area contributed by atoms with E-state index in [1.165, 1.54) is 19.4 Å². The van der Waals surface area contributed by atoms with Gasteiger partial charge in [-0.2, -0.15) is 0 Å². The minimum Gasteiger partial charge on any atom is -0.460 e. The Morgan fingerprint density at radius 2 is 1.30 bits per heavy atom. The van der Waals surface area contributed by atoms with Gasteiger partial charge in [-0.25, -0.2) is 4.79 Å². The number of aliphatic hydroxyl groups excluding tert-OH is 10. The molecule has 9 rings (SSSR count). The lowest BCUT2D eigenvalue weighted by atomic mass is 9.47. The maximum Gasteiger partial charge on any atom is 0.338 e. The third-order valence-electron chi connectivity index (χ3n) is 17.4. The molecule has 28 atom stereocenters. The predicted octanol–water partition coefficient (Wildman–Crippen LogP) is -2.80. The zero-order valence-electron chi connectivity index (χ0n) is 37.9. The quantitative estimate of drug-likeness (QED) is 0.0822. The molecule has 11 N–H and O–H groups in total. The first kappa shape index (κ1) is 49.4. The number of allylic oxidation sites excluding steroid dienone is 1. The third-order valence-corrected chi connectivity index (χ3v) is 17.4. The lowest BCUT2D eigenvalue weighted by molar-refractivity contribution is -0.397. The van der Waals surface area contributed by atoms with Crippen LogP contribution < -0.4 is 0 Å². The van der Waals surface area contributed by atoms with Gasteiger partial charge in [0.2, 0.25) is 0 Å². The molecule has 4 aliphatic carbocycles. The van der Waals surface area contributed by atoms with Crippen LogP contribution in [0.5, 0.6) is 0 Å². The van der Waals surface area contributed by atoms with Gasteiger partial charge in [0.05, 0.1) is 31.5 Å². The molecule has 21 heteroatoms. The smallest absolute Gasteiger partial charge is 0.338 e. The summed E-state index contributed by atoms with van der Waals surface area (Å²) in [6.45, 7) is 7.82. The Kier molecular flexibility index (Phi) is 13.7. The molecule has 5 heterocycles. The maximum atomic E-state index is 12.6. The van der Waals surface area contributed by atoms with Crippen LogP contribution >= 0.6 is 0 Å². The summed E-state index contributed by atoms with van der Waals surface area (Å²) in [5, 5.41) is 119. The lowest BCUT2D eigenvalue weighted by Crippen LogP contribution is -2.67. The topological polar surface area (TPSA) is 323 Å². The van der Waals surface area contributed by atoms with E-state index in [4.69, 9.17) is 42.6 Å². The Labute approximate surface area is 382 Å². The monoisotopic (exact) mass is 946 g/mol. The van der Waals surface area contributed by atoms with Gasteiger partial charge in [0.15, 0.2) is 30.8 Å². The Morgan fingerprint density at radius 3 is 2.02 bits per heavy atom. The summed E-state index contributed by atoms with van der Waals surface area (Å²) in [5.41, 5.74) is -0.727. The zero-order valence-corrected chi connectivity index (χ0v) is 37.9. The van der Waals surface area contributed by atoms with Crippen LogP contribution in [0.1, 0.15) is 79.6 Å². The van der Waals surface area contributed by atoms with Gasteiger partial charge in [-0.15, -0.1) is 0 Å². The highest BCUT2D eigenvalue weighted by molar-refractivity contribution is 5.82. The molecule has 66 heavy (non-hydrogen) atoms. The first-order chi connectivity index (χ1) is 31.1. The van der Waals surface area contributed by atoms with Crippen molar-refractivity contribution < 1.29 is 104 Å². The van der Waals surface area contributed by atoms with Gasteiger partial charge >= 0.3 is 5.97 Å². The van der Waals surface area contributed by atoms with Crippen LogP contribution in [-0.2, 0) is 47.4 Å². The number of carbonyl (C=O) groups is 1. The van der Waals surface area contributed by atoms with Crippen LogP contribution in [0.4, 0.5) is 0 Å². The minimum absolute atomic E-state index is 0.173. The highest BCUT2D eigenvalue weighted by Crippen LogP contribution is 2.69. The minimum atomic E-state index is -1.79. The number of hydrogen-bond donors (Lipinski definition) is 11. The SMILES string of the molecule is CC1OC(OC2C(OC3CCC4(C)C(=CCC5C4CCC4(C)C5CC5OC(=O)C(C)(O)C54)C3)OC(CO)C(OC3OC(C)C(O)C(O)C3OC3OCC(O)C(O)C3O)C2O)C(O)C(O)C1O. The molecule has 5 saturated heterocycles. The van der Waals surface area contributed by atoms with E-state index in [-0.39, 0.29) is 28.8 Å². The van der Waals surface area contributed by atoms with Crippen molar-refractivity contribution in [2.45, 2.75) is 214 Å². The van der Waals surface area contributed by atoms with Gasteiger partial charge in [0, 0.05) is 5.92 Å².